The number of benzene rings is 1. The summed E-state index contributed by atoms with van der Waals surface area (Å²) in [6.45, 7) is 8.84. The van der Waals surface area contributed by atoms with E-state index in [4.69, 9.17) is 0 Å². The van der Waals surface area contributed by atoms with Gasteiger partial charge in [-0.15, -0.1) is 23.5 Å². The molecule has 1 rings (SSSR count). The highest BCUT2D eigenvalue weighted by atomic mass is 32.2. The number of rotatable bonds is 3. The third-order valence-corrected chi connectivity index (χ3v) is 4.75. The summed E-state index contributed by atoms with van der Waals surface area (Å²) in [6, 6.07) is 6.74. The molecule has 0 unspecified atom stereocenters. The van der Waals surface area contributed by atoms with E-state index in [1.54, 1.807) is 0 Å². The minimum Gasteiger partial charge on any atom is -0.148 e. The molecule has 0 spiro atoms. The fourth-order valence-corrected chi connectivity index (χ4v) is 3.00. The second-order valence-electron chi connectivity index (χ2n) is 4.03. The van der Waals surface area contributed by atoms with Crippen LogP contribution in [0.3, 0.4) is 0 Å². The van der Waals surface area contributed by atoms with Crippen molar-refractivity contribution in [3.05, 3.63) is 29.3 Å². The molecule has 0 heterocycles. The van der Waals surface area contributed by atoms with E-state index in [0.29, 0.717) is 0 Å². The second-order valence-corrected chi connectivity index (χ2v) is 7.41. The van der Waals surface area contributed by atoms with E-state index in [-0.39, 0.29) is 4.08 Å². The molecule has 0 aromatic heterocycles. The van der Waals surface area contributed by atoms with E-state index in [2.05, 4.69) is 52.1 Å². The molecule has 1 aromatic rings. The van der Waals surface area contributed by atoms with Gasteiger partial charge in [-0.2, -0.15) is 0 Å². The van der Waals surface area contributed by atoms with Crippen LogP contribution in [0.4, 0.5) is 0 Å². The molecule has 0 fully saturated rings. The van der Waals surface area contributed by atoms with E-state index < -0.39 is 0 Å². The molecule has 14 heavy (non-hydrogen) atoms. The zero-order valence-electron chi connectivity index (χ0n) is 9.55. The van der Waals surface area contributed by atoms with Gasteiger partial charge in [-0.25, -0.2) is 0 Å². The van der Waals surface area contributed by atoms with Crippen LogP contribution in [0.1, 0.15) is 25.0 Å². The first-order valence-corrected chi connectivity index (χ1v) is 6.79. The van der Waals surface area contributed by atoms with Crippen LogP contribution in [0.2, 0.25) is 0 Å². The fourth-order valence-electron chi connectivity index (χ4n) is 1.32. The van der Waals surface area contributed by atoms with Crippen LogP contribution in [0.15, 0.2) is 23.1 Å². The first-order valence-electron chi connectivity index (χ1n) is 4.75. The summed E-state index contributed by atoms with van der Waals surface area (Å²) in [5.41, 5.74) is 2.70. The van der Waals surface area contributed by atoms with Crippen molar-refractivity contribution in [3.63, 3.8) is 0 Å². The van der Waals surface area contributed by atoms with Gasteiger partial charge in [0.15, 0.2) is 0 Å². The molecule has 0 amide bonds. The number of thioether (sulfide) groups is 2. The molecule has 0 aliphatic heterocycles. The van der Waals surface area contributed by atoms with Crippen LogP contribution in [0.25, 0.3) is 0 Å². The summed E-state index contributed by atoms with van der Waals surface area (Å²) >= 11 is 3.83. The number of hydrogen-bond donors (Lipinski definition) is 0. The van der Waals surface area contributed by atoms with Gasteiger partial charge in [0.2, 0.25) is 0 Å². The zero-order valence-corrected chi connectivity index (χ0v) is 11.2. The van der Waals surface area contributed by atoms with E-state index >= 15 is 0 Å². The lowest BCUT2D eigenvalue weighted by Crippen LogP contribution is -2.06. The van der Waals surface area contributed by atoms with Gasteiger partial charge in [0, 0.05) is 4.90 Å². The highest BCUT2D eigenvalue weighted by molar-refractivity contribution is 8.17. The van der Waals surface area contributed by atoms with Crippen molar-refractivity contribution >= 4 is 23.5 Å². The summed E-state index contributed by atoms with van der Waals surface area (Å²) in [4.78, 5) is 1.38. The first-order chi connectivity index (χ1) is 6.43. The van der Waals surface area contributed by atoms with Gasteiger partial charge in [-0.05, 0) is 57.2 Å². The van der Waals surface area contributed by atoms with Crippen molar-refractivity contribution in [2.45, 2.75) is 36.7 Å². The van der Waals surface area contributed by atoms with Crippen molar-refractivity contribution < 1.29 is 0 Å². The molecule has 0 N–H and O–H groups in total. The molecular formula is C12H18S2. The topological polar surface area (TPSA) is 0 Å². The molecule has 0 radical (unpaired) electrons. The molecule has 0 nitrogen and oxygen atoms in total. The Morgan fingerprint density at radius 2 is 1.50 bits per heavy atom. The fraction of sp³-hybridized carbons (Fsp3) is 0.500. The molecule has 0 atom stereocenters. The van der Waals surface area contributed by atoms with Gasteiger partial charge in [0.1, 0.15) is 0 Å². The molecule has 0 saturated heterocycles. The smallest absolute Gasteiger partial charge is 0.0599 e. The normalized spacial score (nSPS) is 11.8. The van der Waals surface area contributed by atoms with E-state index in [0.717, 1.165) is 0 Å². The summed E-state index contributed by atoms with van der Waals surface area (Å²) in [6.07, 6.45) is 2.16. The SMILES string of the molecule is CSC(C)(C)Sc1cc(C)cc(C)c1. The third-order valence-electron chi connectivity index (χ3n) is 2.05. The predicted octanol–water partition coefficient (Wildman–Crippen LogP) is 4.49. The summed E-state index contributed by atoms with van der Waals surface area (Å²) in [5.74, 6) is 0. The van der Waals surface area contributed by atoms with Gasteiger partial charge < -0.3 is 0 Å². The average molecular weight is 226 g/mol. The van der Waals surface area contributed by atoms with Crippen LogP contribution >= 0.6 is 23.5 Å². The lowest BCUT2D eigenvalue weighted by Gasteiger charge is -2.21. The molecule has 2 heteroatoms. The lowest BCUT2D eigenvalue weighted by atomic mass is 10.2. The number of hydrogen-bond acceptors (Lipinski definition) is 2. The Balaban J connectivity index is 2.87. The summed E-state index contributed by atoms with van der Waals surface area (Å²) in [5, 5.41) is 0. The van der Waals surface area contributed by atoms with Crippen LogP contribution in [0.5, 0.6) is 0 Å². The Labute approximate surface area is 95.9 Å². The minimum atomic E-state index is 0.264. The van der Waals surface area contributed by atoms with Gasteiger partial charge in [-0.1, -0.05) is 6.07 Å². The maximum Gasteiger partial charge on any atom is 0.0599 e. The van der Waals surface area contributed by atoms with E-state index in [1.807, 2.05) is 23.5 Å². The Kier molecular flexibility index (Phi) is 3.96. The highest BCUT2D eigenvalue weighted by Crippen LogP contribution is 2.40. The van der Waals surface area contributed by atoms with Gasteiger partial charge >= 0.3 is 0 Å². The maximum absolute atomic E-state index is 2.26. The summed E-state index contributed by atoms with van der Waals surface area (Å²) < 4.78 is 0.264. The molecular weight excluding hydrogens is 208 g/mol. The van der Waals surface area contributed by atoms with Gasteiger partial charge in [0.05, 0.1) is 4.08 Å². The Morgan fingerprint density at radius 3 is 1.93 bits per heavy atom. The van der Waals surface area contributed by atoms with Crippen LogP contribution in [-0.2, 0) is 0 Å². The number of aryl methyl sites for hydroxylation is 2. The lowest BCUT2D eigenvalue weighted by molar-refractivity contribution is 1.03. The van der Waals surface area contributed by atoms with E-state index in [9.17, 15) is 0 Å². The predicted molar refractivity (Wildman–Crippen MR) is 69.4 cm³/mol. The van der Waals surface area contributed by atoms with E-state index in [1.165, 1.54) is 16.0 Å². The Morgan fingerprint density at radius 1 is 1.00 bits per heavy atom. The third kappa shape index (κ3) is 3.58. The first kappa shape index (κ1) is 12.0. The van der Waals surface area contributed by atoms with Crippen LogP contribution < -0.4 is 0 Å². The van der Waals surface area contributed by atoms with Gasteiger partial charge in [-0.3, -0.25) is 0 Å². The standard InChI is InChI=1S/C12H18S2/c1-9-6-10(2)8-11(7-9)14-12(3,4)13-5/h6-8H,1-5H3. The van der Waals surface area contributed by atoms with Crippen molar-refractivity contribution in [1.29, 1.82) is 0 Å². The Hall–Kier alpha value is -0.0800. The van der Waals surface area contributed by atoms with Crippen LogP contribution in [0, 0.1) is 13.8 Å². The molecule has 1 aromatic carbocycles. The molecule has 0 aliphatic rings. The Bertz CT molecular complexity index is 296. The van der Waals surface area contributed by atoms with Gasteiger partial charge in [0.25, 0.3) is 0 Å². The van der Waals surface area contributed by atoms with Crippen molar-refractivity contribution in [1.82, 2.24) is 0 Å². The van der Waals surface area contributed by atoms with Crippen molar-refractivity contribution in [3.8, 4) is 0 Å². The second kappa shape index (κ2) is 4.63. The van der Waals surface area contributed by atoms with Crippen molar-refractivity contribution in [2.75, 3.05) is 6.26 Å². The largest absolute Gasteiger partial charge is 0.148 e. The van der Waals surface area contributed by atoms with Crippen molar-refractivity contribution in [2.24, 2.45) is 0 Å². The zero-order chi connectivity index (χ0) is 10.8. The molecule has 0 saturated carbocycles. The molecule has 0 bridgehead atoms. The monoisotopic (exact) mass is 226 g/mol. The highest BCUT2D eigenvalue weighted by Gasteiger charge is 2.17. The quantitative estimate of drug-likeness (QED) is 0.550. The van der Waals surface area contributed by atoms with Crippen LogP contribution in [-0.4, -0.2) is 10.3 Å². The maximum atomic E-state index is 2.26. The molecule has 0 aliphatic carbocycles. The minimum absolute atomic E-state index is 0.264. The summed E-state index contributed by atoms with van der Waals surface area (Å²) in [7, 11) is 0. The average Bonchev–Trinajstić information content (AvgIpc) is 2.01. The molecule has 78 valence electrons.